The van der Waals surface area contributed by atoms with Crippen molar-refractivity contribution in [2.75, 3.05) is 19.8 Å². The average molecular weight is 254 g/mol. The zero-order valence-corrected chi connectivity index (χ0v) is 11.6. The van der Waals surface area contributed by atoms with E-state index < -0.39 is 0 Å². The standard InChI is InChI=1S/C14H26N2O2/c1-10(2)13-9-18-8-7-16(13)14(17)11-3-5-12(15)6-4-11/h10-13H,3-9,15H2,1-2H3/t11-,12-,13?. The lowest BCUT2D eigenvalue weighted by molar-refractivity contribution is -0.147. The van der Waals surface area contributed by atoms with Gasteiger partial charge in [-0.3, -0.25) is 4.79 Å². The summed E-state index contributed by atoms with van der Waals surface area (Å²) < 4.78 is 5.51. The first kappa shape index (κ1) is 13.8. The highest BCUT2D eigenvalue weighted by Gasteiger charge is 2.34. The van der Waals surface area contributed by atoms with Crippen LogP contribution in [0.3, 0.4) is 0 Å². The van der Waals surface area contributed by atoms with Crippen LogP contribution in [0.15, 0.2) is 0 Å². The molecule has 1 heterocycles. The number of amides is 1. The SMILES string of the molecule is CC(C)C1COCCN1C(=O)[C@H]1CC[C@H](N)CC1. The van der Waals surface area contributed by atoms with E-state index in [0.29, 0.717) is 31.1 Å². The number of hydrogen-bond donors (Lipinski definition) is 1. The Morgan fingerprint density at radius 2 is 1.94 bits per heavy atom. The quantitative estimate of drug-likeness (QED) is 0.810. The summed E-state index contributed by atoms with van der Waals surface area (Å²) in [7, 11) is 0. The third-order valence-electron chi connectivity index (χ3n) is 4.34. The zero-order valence-electron chi connectivity index (χ0n) is 11.6. The van der Waals surface area contributed by atoms with Crippen molar-refractivity contribution < 1.29 is 9.53 Å². The van der Waals surface area contributed by atoms with Gasteiger partial charge in [0.2, 0.25) is 5.91 Å². The Balaban J connectivity index is 1.97. The van der Waals surface area contributed by atoms with Crippen LogP contribution in [0.1, 0.15) is 39.5 Å². The van der Waals surface area contributed by atoms with Crippen molar-refractivity contribution in [3.05, 3.63) is 0 Å². The van der Waals surface area contributed by atoms with Crippen molar-refractivity contribution in [3.63, 3.8) is 0 Å². The Bertz CT molecular complexity index is 286. The van der Waals surface area contributed by atoms with E-state index >= 15 is 0 Å². The van der Waals surface area contributed by atoms with Crippen LogP contribution in [-0.4, -0.2) is 42.6 Å². The van der Waals surface area contributed by atoms with Gasteiger partial charge in [0.1, 0.15) is 0 Å². The van der Waals surface area contributed by atoms with E-state index in [9.17, 15) is 4.79 Å². The molecule has 2 rings (SSSR count). The highest BCUT2D eigenvalue weighted by molar-refractivity contribution is 5.79. The van der Waals surface area contributed by atoms with Crippen LogP contribution in [0.4, 0.5) is 0 Å². The lowest BCUT2D eigenvalue weighted by Gasteiger charge is -2.40. The van der Waals surface area contributed by atoms with E-state index in [2.05, 4.69) is 18.7 Å². The Morgan fingerprint density at radius 1 is 1.28 bits per heavy atom. The first-order chi connectivity index (χ1) is 8.59. The highest BCUT2D eigenvalue weighted by Crippen LogP contribution is 2.27. The predicted molar refractivity (Wildman–Crippen MR) is 71.1 cm³/mol. The second-order valence-electron chi connectivity index (χ2n) is 6.03. The van der Waals surface area contributed by atoms with Crippen molar-refractivity contribution >= 4 is 5.91 Å². The lowest BCUT2D eigenvalue weighted by Crippen LogP contribution is -2.53. The summed E-state index contributed by atoms with van der Waals surface area (Å²) in [6.07, 6.45) is 3.91. The number of hydrogen-bond acceptors (Lipinski definition) is 3. The molecule has 104 valence electrons. The molecule has 1 aliphatic carbocycles. The van der Waals surface area contributed by atoms with Gasteiger partial charge in [-0.05, 0) is 31.6 Å². The molecule has 1 amide bonds. The van der Waals surface area contributed by atoms with E-state index in [0.717, 1.165) is 32.2 Å². The molecule has 2 fully saturated rings. The zero-order chi connectivity index (χ0) is 13.1. The van der Waals surface area contributed by atoms with E-state index in [1.54, 1.807) is 0 Å². The van der Waals surface area contributed by atoms with Crippen LogP contribution in [0, 0.1) is 11.8 Å². The van der Waals surface area contributed by atoms with Gasteiger partial charge in [-0.2, -0.15) is 0 Å². The molecular formula is C14H26N2O2. The van der Waals surface area contributed by atoms with Gasteiger partial charge in [-0.1, -0.05) is 13.8 Å². The number of carbonyl (C=O) groups is 1. The van der Waals surface area contributed by atoms with Gasteiger partial charge < -0.3 is 15.4 Å². The molecule has 1 atom stereocenters. The topological polar surface area (TPSA) is 55.6 Å². The summed E-state index contributed by atoms with van der Waals surface area (Å²) in [6.45, 7) is 6.45. The fourth-order valence-corrected chi connectivity index (χ4v) is 3.05. The summed E-state index contributed by atoms with van der Waals surface area (Å²) in [4.78, 5) is 14.7. The number of nitrogens with zero attached hydrogens (tertiary/aromatic N) is 1. The van der Waals surface area contributed by atoms with Crippen molar-refractivity contribution in [2.45, 2.75) is 51.6 Å². The van der Waals surface area contributed by atoms with Crippen LogP contribution < -0.4 is 5.73 Å². The van der Waals surface area contributed by atoms with Gasteiger partial charge in [-0.25, -0.2) is 0 Å². The van der Waals surface area contributed by atoms with Crippen molar-refractivity contribution in [3.8, 4) is 0 Å². The summed E-state index contributed by atoms with van der Waals surface area (Å²) in [5.41, 5.74) is 5.91. The Labute approximate surface area is 110 Å². The molecule has 2 aliphatic rings. The maximum Gasteiger partial charge on any atom is 0.226 e. The van der Waals surface area contributed by atoms with Gasteiger partial charge in [-0.15, -0.1) is 0 Å². The number of rotatable bonds is 2. The molecule has 18 heavy (non-hydrogen) atoms. The molecule has 1 unspecified atom stereocenters. The van der Waals surface area contributed by atoms with E-state index in [-0.39, 0.29) is 12.0 Å². The fraction of sp³-hybridized carbons (Fsp3) is 0.929. The average Bonchev–Trinajstić information content (AvgIpc) is 2.39. The predicted octanol–water partition coefficient (Wildman–Crippen LogP) is 1.39. The molecule has 4 nitrogen and oxygen atoms in total. The monoisotopic (exact) mass is 254 g/mol. The minimum Gasteiger partial charge on any atom is -0.377 e. The maximum atomic E-state index is 12.6. The Morgan fingerprint density at radius 3 is 2.56 bits per heavy atom. The molecule has 0 aromatic heterocycles. The third-order valence-corrected chi connectivity index (χ3v) is 4.34. The Kier molecular flexibility index (Phi) is 4.62. The first-order valence-electron chi connectivity index (χ1n) is 7.23. The van der Waals surface area contributed by atoms with Crippen LogP contribution >= 0.6 is 0 Å². The number of carbonyl (C=O) groups excluding carboxylic acids is 1. The number of nitrogens with two attached hydrogens (primary N) is 1. The normalized spacial score (nSPS) is 33.8. The molecule has 0 bridgehead atoms. The molecule has 1 aliphatic heterocycles. The molecule has 1 saturated heterocycles. The second kappa shape index (κ2) is 6.02. The van der Waals surface area contributed by atoms with Crippen LogP contribution in [0.5, 0.6) is 0 Å². The smallest absolute Gasteiger partial charge is 0.226 e. The molecule has 0 aromatic carbocycles. The molecule has 0 spiro atoms. The van der Waals surface area contributed by atoms with Gasteiger partial charge in [0.05, 0.1) is 19.3 Å². The van der Waals surface area contributed by atoms with Crippen molar-refractivity contribution in [1.82, 2.24) is 4.90 Å². The van der Waals surface area contributed by atoms with Crippen LogP contribution in [-0.2, 0) is 9.53 Å². The first-order valence-corrected chi connectivity index (χ1v) is 7.23. The van der Waals surface area contributed by atoms with E-state index in [4.69, 9.17) is 10.5 Å². The molecule has 0 aromatic rings. The largest absolute Gasteiger partial charge is 0.377 e. The van der Waals surface area contributed by atoms with E-state index in [1.807, 2.05) is 0 Å². The molecule has 4 heteroatoms. The molecular weight excluding hydrogens is 228 g/mol. The molecule has 2 N–H and O–H groups in total. The number of morpholine rings is 1. The number of ether oxygens (including phenoxy) is 1. The van der Waals surface area contributed by atoms with Gasteiger partial charge in [0, 0.05) is 18.5 Å². The maximum absolute atomic E-state index is 12.6. The summed E-state index contributed by atoms with van der Waals surface area (Å²) in [6, 6.07) is 0.557. The summed E-state index contributed by atoms with van der Waals surface area (Å²) in [5, 5.41) is 0. The van der Waals surface area contributed by atoms with Gasteiger partial charge in [0.15, 0.2) is 0 Å². The lowest BCUT2D eigenvalue weighted by atomic mass is 9.85. The van der Waals surface area contributed by atoms with E-state index in [1.165, 1.54) is 0 Å². The minimum absolute atomic E-state index is 0.198. The molecule has 1 saturated carbocycles. The highest BCUT2D eigenvalue weighted by atomic mass is 16.5. The van der Waals surface area contributed by atoms with Crippen molar-refractivity contribution in [2.24, 2.45) is 17.6 Å². The molecule has 0 radical (unpaired) electrons. The van der Waals surface area contributed by atoms with Crippen LogP contribution in [0.2, 0.25) is 0 Å². The van der Waals surface area contributed by atoms with Crippen LogP contribution in [0.25, 0.3) is 0 Å². The second-order valence-corrected chi connectivity index (χ2v) is 6.03. The Hall–Kier alpha value is -0.610. The third kappa shape index (κ3) is 3.04. The van der Waals surface area contributed by atoms with Gasteiger partial charge >= 0.3 is 0 Å². The van der Waals surface area contributed by atoms with Crippen molar-refractivity contribution in [1.29, 1.82) is 0 Å². The van der Waals surface area contributed by atoms with Gasteiger partial charge in [0.25, 0.3) is 0 Å². The summed E-state index contributed by atoms with van der Waals surface area (Å²) in [5.74, 6) is 0.994. The summed E-state index contributed by atoms with van der Waals surface area (Å²) >= 11 is 0. The fourth-order valence-electron chi connectivity index (χ4n) is 3.05. The minimum atomic E-state index is 0.198.